The molecule has 7 nitrogen and oxygen atoms in total. The molecule has 6 rings (SSSR count). The first kappa shape index (κ1) is 25.0. The number of amides is 1. The minimum absolute atomic E-state index is 0.0402. The molecule has 3 heterocycles. The molecule has 1 N–H and O–H groups in total. The third-order valence-electron chi connectivity index (χ3n) is 6.39. The molecule has 0 saturated carbocycles. The molecule has 2 aromatic heterocycles. The Morgan fingerprint density at radius 2 is 1.82 bits per heavy atom. The van der Waals surface area contributed by atoms with Crippen LogP contribution in [0.3, 0.4) is 0 Å². The predicted molar refractivity (Wildman–Crippen MR) is 147 cm³/mol. The first-order chi connectivity index (χ1) is 18.9. The number of furan rings is 1. The van der Waals surface area contributed by atoms with Crippen LogP contribution in [0.1, 0.15) is 33.3 Å². The van der Waals surface area contributed by atoms with E-state index in [2.05, 4.69) is 10.2 Å². The number of nitrogens with zero attached hydrogens (tertiary/aromatic N) is 3. The lowest BCUT2D eigenvalue weighted by Gasteiger charge is -2.24. The number of aliphatic hydroxyl groups excluding tert-OH is 1. The maximum atomic E-state index is 15.1. The van der Waals surface area contributed by atoms with Crippen molar-refractivity contribution < 1.29 is 23.5 Å². The molecule has 5 aromatic rings. The van der Waals surface area contributed by atoms with Crippen molar-refractivity contribution in [3.05, 3.63) is 118 Å². The van der Waals surface area contributed by atoms with E-state index in [1.165, 1.54) is 36.0 Å². The summed E-state index contributed by atoms with van der Waals surface area (Å²) in [6.07, 6.45) is 0. The molecule has 0 spiro atoms. The van der Waals surface area contributed by atoms with Gasteiger partial charge >= 0.3 is 0 Å². The molecule has 10 heteroatoms. The number of aliphatic hydroxyl groups is 1. The van der Waals surface area contributed by atoms with Crippen LogP contribution in [0.5, 0.6) is 0 Å². The van der Waals surface area contributed by atoms with E-state index in [9.17, 15) is 14.7 Å². The van der Waals surface area contributed by atoms with Gasteiger partial charge in [-0.15, -0.1) is 10.2 Å². The summed E-state index contributed by atoms with van der Waals surface area (Å²) in [5, 5.41) is 20.2. The van der Waals surface area contributed by atoms with E-state index in [-0.39, 0.29) is 22.0 Å². The van der Waals surface area contributed by atoms with Gasteiger partial charge in [0.25, 0.3) is 5.91 Å². The molecule has 0 radical (unpaired) electrons. The minimum Gasteiger partial charge on any atom is -0.503 e. The molecular formula is C29H20FN3O4S2. The lowest BCUT2D eigenvalue weighted by Crippen LogP contribution is -2.31. The van der Waals surface area contributed by atoms with E-state index in [0.717, 1.165) is 27.4 Å². The number of halogens is 1. The van der Waals surface area contributed by atoms with Gasteiger partial charge in [-0.2, -0.15) is 0 Å². The van der Waals surface area contributed by atoms with Crippen molar-refractivity contribution in [3.63, 3.8) is 0 Å². The maximum Gasteiger partial charge on any atom is 0.296 e. The lowest BCUT2D eigenvalue weighted by molar-refractivity contribution is -0.117. The molecule has 1 aliphatic heterocycles. The number of carbonyl (C=O) groups excluding carboxylic acids is 2. The van der Waals surface area contributed by atoms with Crippen LogP contribution in [0.4, 0.5) is 9.52 Å². The quantitative estimate of drug-likeness (QED) is 0.133. The number of fused-ring (bicyclic) bond motifs is 1. The molecular weight excluding hydrogens is 537 g/mol. The highest BCUT2D eigenvalue weighted by atomic mass is 32.2. The summed E-state index contributed by atoms with van der Waals surface area (Å²) in [5.74, 6) is -2.43. The molecule has 0 fully saturated rings. The molecule has 194 valence electrons. The molecule has 3 aromatic carbocycles. The number of aromatic nitrogens is 2. The third kappa shape index (κ3) is 4.62. The van der Waals surface area contributed by atoms with Crippen molar-refractivity contribution >= 4 is 50.9 Å². The van der Waals surface area contributed by atoms with E-state index in [0.29, 0.717) is 21.1 Å². The summed E-state index contributed by atoms with van der Waals surface area (Å²) in [6, 6.07) is 21.3. The number of carbonyl (C=O) groups is 2. The normalized spacial score (nSPS) is 15.5. The Hall–Kier alpha value is -4.28. The monoisotopic (exact) mass is 557 g/mol. The number of anilines is 1. The fourth-order valence-corrected chi connectivity index (χ4v) is 6.26. The molecule has 1 amide bonds. The Balaban J connectivity index is 1.36. The number of benzene rings is 3. The zero-order chi connectivity index (χ0) is 27.1. The Morgan fingerprint density at radius 3 is 2.59 bits per heavy atom. The fraction of sp³-hybridized carbons (Fsp3) is 0.103. The second-order valence-electron chi connectivity index (χ2n) is 8.96. The SMILES string of the molecule is Cc1ccc(CSc2nnc(N3C(=O)C(O)=C(C(=O)c4cc5ccccc5o4)[C@H]3c3ccccc3F)s2)cc1. The average Bonchev–Trinajstić information content (AvgIpc) is 3.65. The Labute approximate surface area is 230 Å². The Bertz CT molecular complexity index is 1730. The number of rotatable bonds is 7. The number of hydrogen-bond acceptors (Lipinski definition) is 8. The van der Waals surface area contributed by atoms with E-state index in [4.69, 9.17) is 4.42 Å². The van der Waals surface area contributed by atoms with Crippen LogP contribution in [0.2, 0.25) is 0 Å². The number of aryl methyl sites for hydroxylation is 1. The van der Waals surface area contributed by atoms with E-state index in [1.807, 2.05) is 31.2 Å². The van der Waals surface area contributed by atoms with Crippen LogP contribution in [0.15, 0.2) is 99.0 Å². The molecule has 1 atom stereocenters. The highest BCUT2D eigenvalue weighted by Gasteiger charge is 2.47. The van der Waals surface area contributed by atoms with Crippen LogP contribution >= 0.6 is 23.1 Å². The molecule has 0 unspecified atom stereocenters. The van der Waals surface area contributed by atoms with Crippen molar-refractivity contribution in [2.24, 2.45) is 0 Å². The summed E-state index contributed by atoms with van der Waals surface area (Å²) in [4.78, 5) is 28.2. The first-order valence-corrected chi connectivity index (χ1v) is 13.8. The molecule has 1 aliphatic rings. The first-order valence-electron chi connectivity index (χ1n) is 12.0. The summed E-state index contributed by atoms with van der Waals surface area (Å²) in [5.41, 5.74) is 2.49. The van der Waals surface area contributed by atoms with Gasteiger partial charge in [-0.05, 0) is 30.7 Å². The largest absolute Gasteiger partial charge is 0.503 e. The smallest absolute Gasteiger partial charge is 0.296 e. The average molecular weight is 558 g/mol. The summed E-state index contributed by atoms with van der Waals surface area (Å²) < 4.78 is 21.4. The van der Waals surface area contributed by atoms with Gasteiger partial charge in [-0.3, -0.25) is 14.5 Å². The summed E-state index contributed by atoms with van der Waals surface area (Å²) in [6.45, 7) is 2.02. The lowest BCUT2D eigenvalue weighted by atomic mass is 9.95. The van der Waals surface area contributed by atoms with Crippen LogP contribution < -0.4 is 4.90 Å². The van der Waals surface area contributed by atoms with Gasteiger partial charge in [0.1, 0.15) is 17.4 Å². The summed E-state index contributed by atoms with van der Waals surface area (Å²) >= 11 is 2.57. The van der Waals surface area contributed by atoms with E-state index in [1.54, 1.807) is 30.3 Å². The van der Waals surface area contributed by atoms with Crippen LogP contribution in [-0.2, 0) is 10.5 Å². The number of hydrogen-bond donors (Lipinski definition) is 1. The molecule has 0 bridgehead atoms. The number of Topliss-reactive ketones (excluding diaryl/α,β-unsaturated/α-hetero) is 1. The summed E-state index contributed by atoms with van der Waals surface area (Å²) in [7, 11) is 0. The van der Waals surface area contributed by atoms with Gasteiger partial charge in [0.05, 0.1) is 5.57 Å². The number of para-hydroxylation sites is 1. The fourth-order valence-electron chi connectivity index (χ4n) is 4.44. The third-order valence-corrected chi connectivity index (χ3v) is 8.51. The van der Waals surface area contributed by atoms with Crippen molar-refractivity contribution in [1.29, 1.82) is 0 Å². The van der Waals surface area contributed by atoms with Gasteiger partial charge in [0.2, 0.25) is 10.9 Å². The Morgan fingerprint density at radius 1 is 1.08 bits per heavy atom. The zero-order valence-electron chi connectivity index (χ0n) is 20.5. The zero-order valence-corrected chi connectivity index (χ0v) is 22.1. The van der Waals surface area contributed by atoms with Crippen molar-refractivity contribution in [2.75, 3.05) is 4.90 Å². The second kappa shape index (κ2) is 10.1. The number of thioether (sulfide) groups is 1. The minimum atomic E-state index is -1.26. The van der Waals surface area contributed by atoms with Crippen LogP contribution in [0, 0.1) is 12.7 Å². The second-order valence-corrected chi connectivity index (χ2v) is 11.1. The predicted octanol–water partition coefficient (Wildman–Crippen LogP) is 6.81. The van der Waals surface area contributed by atoms with Gasteiger partial charge in [0, 0.05) is 16.7 Å². The van der Waals surface area contributed by atoms with Crippen LogP contribution in [0.25, 0.3) is 11.0 Å². The number of ketones is 1. The van der Waals surface area contributed by atoms with Gasteiger partial charge in [-0.1, -0.05) is 89.3 Å². The maximum absolute atomic E-state index is 15.1. The topological polar surface area (TPSA) is 96.5 Å². The van der Waals surface area contributed by atoms with Crippen molar-refractivity contribution in [1.82, 2.24) is 10.2 Å². The molecule has 0 saturated heterocycles. The highest BCUT2D eigenvalue weighted by molar-refractivity contribution is 8.00. The van der Waals surface area contributed by atoms with E-state index >= 15 is 4.39 Å². The van der Waals surface area contributed by atoms with E-state index < -0.39 is 29.3 Å². The Kier molecular flexibility index (Phi) is 6.49. The van der Waals surface area contributed by atoms with Crippen molar-refractivity contribution in [3.8, 4) is 0 Å². The van der Waals surface area contributed by atoms with Gasteiger partial charge in [-0.25, -0.2) is 4.39 Å². The van der Waals surface area contributed by atoms with Crippen LogP contribution in [-0.4, -0.2) is 27.0 Å². The standard InChI is InChI=1S/C29H20FN3O4S2/c1-16-10-12-17(13-11-16)15-38-29-32-31-28(39-29)33-24(19-7-3-4-8-20(19)30)23(26(35)27(33)36)25(34)22-14-18-6-2-5-9-21(18)37-22/h2-14,24,35H,15H2,1H3/t24-/m1/s1. The van der Waals surface area contributed by atoms with Gasteiger partial charge < -0.3 is 9.52 Å². The van der Waals surface area contributed by atoms with Gasteiger partial charge in [0.15, 0.2) is 15.9 Å². The highest BCUT2D eigenvalue weighted by Crippen LogP contribution is 2.44. The molecule has 39 heavy (non-hydrogen) atoms. The van der Waals surface area contributed by atoms with Crippen molar-refractivity contribution in [2.45, 2.75) is 23.1 Å². The molecule has 0 aliphatic carbocycles.